The minimum atomic E-state index is -0.544. The molecular formula is C20H22BrNO6. The number of carbonyl (C=O) groups excluding carboxylic acids is 2. The molecule has 28 heavy (non-hydrogen) atoms. The highest BCUT2D eigenvalue weighted by Crippen LogP contribution is 2.38. The van der Waals surface area contributed by atoms with Gasteiger partial charge in [-0.3, -0.25) is 9.59 Å². The molecule has 0 bridgehead atoms. The lowest BCUT2D eigenvalue weighted by atomic mass is 10.1. The van der Waals surface area contributed by atoms with Gasteiger partial charge in [0.2, 0.25) is 5.75 Å². The lowest BCUT2D eigenvalue weighted by Crippen LogP contribution is -2.22. The van der Waals surface area contributed by atoms with E-state index in [-0.39, 0.29) is 13.0 Å². The van der Waals surface area contributed by atoms with Crippen molar-refractivity contribution in [1.82, 2.24) is 0 Å². The van der Waals surface area contributed by atoms with E-state index in [0.717, 1.165) is 10.0 Å². The van der Waals surface area contributed by atoms with Crippen LogP contribution in [0, 0.1) is 6.92 Å². The maximum atomic E-state index is 12.1. The summed E-state index contributed by atoms with van der Waals surface area (Å²) in [6.07, 6.45) is -0.0404. The first-order chi connectivity index (χ1) is 13.4. The Morgan fingerprint density at radius 1 is 1.00 bits per heavy atom. The summed E-state index contributed by atoms with van der Waals surface area (Å²) in [5, 5.41) is 2.71. The molecule has 2 aromatic carbocycles. The highest BCUT2D eigenvalue weighted by atomic mass is 79.9. The molecule has 0 radical (unpaired) electrons. The van der Waals surface area contributed by atoms with Crippen LogP contribution in [0.3, 0.4) is 0 Å². The Labute approximate surface area is 172 Å². The number of methoxy groups -OCH3 is 3. The monoisotopic (exact) mass is 451 g/mol. The highest BCUT2D eigenvalue weighted by molar-refractivity contribution is 9.10. The van der Waals surface area contributed by atoms with E-state index in [2.05, 4.69) is 21.2 Å². The lowest BCUT2D eigenvalue weighted by Gasteiger charge is -2.14. The molecule has 0 saturated carbocycles. The molecule has 0 fully saturated rings. The minimum absolute atomic E-state index is 0.0404. The van der Waals surface area contributed by atoms with E-state index in [1.807, 2.05) is 19.1 Å². The van der Waals surface area contributed by atoms with E-state index in [9.17, 15) is 9.59 Å². The van der Waals surface area contributed by atoms with Crippen molar-refractivity contribution < 1.29 is 28.5 Å². The van der Waals surface area contributed by atoms with Crippen LogP contribution >= 0.6 is 15.9 Å². The smallest absolute Gasteiger partial charge is 0.310 e. The fourth-order valence-corrected chi connectivity index (χ4v) is 3.03. The molecular weight excluding hydrogens is 430 g/mol. The molecule has 0 aromatic heterocycles. The Kier molecular flexibility index (Phi) is 7.69. The number of halogens is 1. The number of ether oxygens (including phenoxy) is 4. The molecule has 1 N–H and O–H groups in total. The van der Waals surface area contributed by atoms with Crippen LogP contribution in [0.5, 0.6) is 17.2 Å². The van der Waals surface area contributed by atoms with Crippen molar-refractivity contribution in [2.24, 2.45) is 0 Å². The molecule has 8 heteroatoms. The first kappa shape index (κ1) is 21.6. The van der Waals surface area contributed by atoms with Gasteiger partial charge in [0.05, 0.1) is 27.8 Å². The quantitative estimate of drug-likeness (QED) is 0.618. The van der Waals surface area contributed by atoms with Gasteiger partial charge in [0, 0.05) is 10.2 Å². The first-order valence-electron chi connectivity index (χ1n) is 8.38. The fraction of sp³-hybridized carbons (Fsp3) is 0.300. The molecule has 150 valence electrons. The van der Waals surface area contributed by atoms with Crippen LogP contribution in [0.2, 0.25) is 0 Å². The number of benzene rings is 2. The average Bonchev–Trinajstić information content (AvgIpc) is 2.67. The summed E-state index contributed by atoms with van der Waals surface area (Å²) >= 11 is 3.37. The van der Waals surface area contributed by atoms with Gasteiger partial charge >= 0.3 is 5.97 Å². The first-order valence-corrected chi connectivity index (χ1v) is 9.17. The van der Waals surface area contributed by atoms with E-state index in [0.29, 0.717) is 28.5 Å². The van der Waals surface area contributed by atoms with Crippen LogP contribution in [0.25, 0.3) is 0 Å². The Hall–Kier alpha value is -2.74. The molecule has 2 aromatic rings. The zero-order valence-electron chi connectivity index (χ0n) is 16.1. The molecule has 0 unspecified atom stereocenters. The van der Waals surface area contributed by atoms with Crippen molar-refractivity contribution in [3.8, 4) is 17.2 Å². The molecule has 0 heterocycles. The van der Waals surface area contributed by atoms with Crippen LogP contribution in [-0.4, -0.2) is 39.8 Å². The van der Waals surface area contributed by atoms with Gasteiger partial charge in [-0.05, 0) is 48.4 Å². The summed E-state index contributed by atoms with van der Waals surface area (Å²) in [4.78, 5) is 24.1. The van der Waals surface area contributed by atoms with Crippen molar-refractivity contribution in [3.63, 3.8) is 0 Å². The van der Waals surface area contributed by atoms with E-state index in [4.69, 9.17) is 18.9 Å². The van der Waals surface area contributed by atoms with Gasteiger partial charge < -0.3 is 24.3 Å². The van der Waals surface area contributed by atoms with Gasteiger partial charge in [0.1, 0.15) is 0 Å². The van der Waals surface area contributed by atoms with Gasteiger partial charge in [0.25, 0.3) is 5.91 Å². The molecule has 2 rings (SSSR count). The Morgan fingerprint density at radius 3 is 2.18 bits per heavy atom. The van der Waals surface area contributed by atoms with E-state index in [1.54, 1.807) is 18.2 Å². The predicted octanol–water partition coefficient (Wildman–Crippen LogP) is 3.51. The second kappa shape index (κ2) is 9.98. The van der Waals surface area contributed by atoms with Crippen molar-refractivity contribution >= 4 is 33.5 Å². The number of carbonyl (C=O) groups is 2. The molecule has 0 spiro atoms. The Bertz CT molecular complexity index is 843. The van der Waals surface area contributed by atoms with Gasteiger partial charge in [-0.2, -0.15) is 0 Å². The number of esters is 1. The minimum Gasteiger partial charge on any atom is -0.493 e. The number of hydrogen-bond acceptors (Lipinski definition) is 6. The zero-order chi connectivity index (χ0) is 20.7. The Balaban J connectivity index is 1.96. The average molecular weight is 452 g/mol. The SMILES string of the molecule is COc1cc(CC(=O)OCC(=O)Nc2ccc(Br)cc2C)cc(OC)c1OC. The van der Waals surface area contributed by atoms with Gasteiger partial charge in [0.15, 0.2) is 18.1 Å². The number of nitrogens with one attached hydrogen (secondary N) is 1. The van der Waals surface area contributed by atoms with Crippen molar-refractivity contribution in [2.75, 3.05) is 33.3 Å². The maximum Gasteiger partial charge on any atom is 0.310 e. The summed E-state index contributed by atoms with van der Waals surface area (Å²) in [7, 11) is 4.49. The molecule has 0 saturated heterocycles. The lowest BCUT2D eigenvalue weighted by molar-refractivity contribution is -0.146. The summed E-state index contributed by atoms with van der Waals surface area (Å²) in [5.74, 6) is 0.355. The second-order valence-electron chi connectivity index (χ2n) is 5.88. The van der Waals surface area contributed by atoms with Crippen molar-refractivity contribution in [3.05, 3.63) is 45.9 Å². The largest absolute Gasteiger partial charge is 0.493 e. The molecule has 7 nitrogen and oxygen atoms in total. The maximum absolute atomic E-state index is 12.1. The number of amides is 1. The fourth-order valence-electron chi connectivity index (χ4n) is 2.55. The summed E-state index contributed by atoms with van der Waals surface area (Å²) in [6, 6.07) is 8.79. The van der Waals surface area contributed by atoms with Crippen molar-refractivity contribution in [1.29, 1.82) is 0 Å². The Morgan fingerprint density at radius 2 is 1.64 bits per heavy atom. The molecule has 1 amide bonds. The highest BCUT2D eigenvalue weighted by Gasteiger charge is 2.16. The third kappa shape index (κ3) is 5.63. The van der Waals surface area contributed by atoms with Gasteiger partial charge in [-0.1, -0.05) is 15.9 Å². The van der Waals surface area contributed by atoms with Crippen LogP contribution < -0.4 is 19.5 Å². The van der Waals surface area contributed by atoms with Crippen molar-refractivity contribution in [2.45, 2.75) is 13.3 Å². The molecule has 0 aliphatic heterocycles. The number of aryl methyl sites for hydroxylation is 1. The van der Waals surface area contributed by atoms with Crippen LogP contribution in [-0.2, 0) is 20.7 Å². The summed E-state index contributed by atoms with van der Waals surface area (Å²) in [5.41, 5.74) is 2.17. The molecule has 0 aliphatic carbocycles. The van der Waals surface area contributed by atoms with Crippen LogP contribution in [0.15, 0.2) is 34.8 Å². The van der Waals surface area contributed by atoms with E-state index in [1.165, 1.54) is 21.3 Å². The topological polar surface area (TPSA) is 83.1 Å². The van der Waals surface area contributed by atoms with E-state index < -0.39 is 11.9 Å². The third-order valence-corrected chi connectivity index (χ3v) is 4.39. The number of rotatable bonds is 8. The zero-order valence-corrected chi connectivity index (χ0v) is 17.7. The van der Waals surface area contributed by atoms with E-state index >= 15 is 0 Å². The molecule has 0 atom stereocenters. The summed E-state index contributed by atoms with van der Waals surface area (Å²) < 4.78 is 21.8. The standard InChI is InChI=1S/C20H22BrNO6/c1-12-7-14(21)5-6-15(12)22-18(23)11-28-19(24)10-13-8-16(25-2)20(27-4)17(9-13)26-3/h5-9H,10-11H2,1-4H3,(H,22,23). The van der Waals surface area contributed by atoms with Crippen LogP contribution in [0.1, 0.15) is 11.1 Å². The normalized spacial score (nSPS) is 10.2. The van der Waals surface area contributed by atoms with Gasteiger partial charge in [-0.15, -0.1) is 0 Å². The summed E-state index contributed by atoms with van der Waals surface area (Å²) in [6.45, 7) is 1.50. The number of hydrogen-bond donors (Lipinski definition) is 1. The van der Waals surface area contributed by atoms with Crippen LogP contribution in [0.4, 0.5) is 5.69 Å². The third-order valence-electron chi connectivity index (χ3n) is 3.90. The predicted molar refractivity (Wildman–Crippen MR) is 108 cm³/mol. The molecule has 0 aliphatic rings. The van der Waals surface area contributed by atoms with Gasteiger partial charge in [-0.25, -0.2) is 0 Å². The second-order valence-corrected chi connectivity index (χ2v) is 6.79. The number of anilines is 1.